The van der Waals surface area contributed by atoms with Crippen molar-refractivity contribution in [2.75, 3.05) is 14.2 Å². The van der Waals surface area contributed by atoms with E-state index in [4.69, 9.17) is 4.74 Å². The maximum atomic E-state index is 5.44. The van der Waals surface area contributed by atoms with Crippen molar-refractivity contribution in [3.8, 4) is 5.75 Å². The Kier molecular flexibility index (Phi) is 4.16. The summed E-state index contributed by atoms with van der Waals surface area (Å²) >= 11 is 0. The molecule has 0 aromatic carbocycles. The molecule has 1 unspecified atom stereocenters. The molecule has 0 saturated carbocycles. The maximum Gasteiger partial charge on any atom is 0.128 e. The zero-order chi connectivity index (χ0) is 13.8. The van der Waals surface area contributed by atoms with Crippen molar-refractivity contribution in [1.29, 1.82) is 0 Å². The second-order valence-corrected chi connectivity index (χ2v) is 4.57. The predicted octanol–water partition coefficient (Wildman–Crippen LogP) is 1.93. The molecule has 2 aromatic heterocycles. The molecule has 2 N–H and O–H groups in total. The fourth-order valence-electron chi connectivity index (χ4n) is 2.27. The molecule has 0 aliphatic rings. The first-order chi connectivity index (χ1) is 9.17. The van der Waals surface area contributed by atoms with Crippen molar-refractivity contribution in [1.82, 2.24) is 20.3 Å². The van der Waals surface area contributed by atoms with Crippen LogP contribution in [0, 0.1) is 13.8 Å². The molecular weight excluding hydrogens is 240 g/mol. The molecule has 0 amide bonds. The molecule has 5 nitrogen and oxygen atoms in total. The van der Waals surface area contributed by atoms with E-state index >= 15 is 0 Å². The van der Waals surface area contributed by atoms with Gasteiger partial charge in [-0.2, -0.15) is 0 Å². The van der Waals surface area contributed by atoms with Crippen molar-refractivity contribution in [2.45, 2.75) is 26.3 Å². The number of hydrogen-bond donors (Lipinski definition) is 2. The van der Waals surface area contributed by atoms with Gasteiger partial charge in [-0.1, -0.05) is 0 Å². The van der Waals surface area contributed by atoms with E-state index in [1.807, 2.05) is 33.3 Å². The number of ether oxygens (including phenoxy) is 1. The minimum Gasteiger partial charge on any atom is -0.496 e. The molecule has 2 rings (SSSR count). The van der Waals surface area contributed by atoms with E-state index in [1.54, 1.807) is 13.3 Å². The van der Waals surface area contributed by atoms with Crippen molar-refractivity contribution < 1.29 is 4.74 Å². The van der Waals surface area contributed by atoms with Crippen LogP contribution in [-0.2, 0) is 6.42 Å². The van der Waals surface area contributed by atoms with Crippen LogP contribution in [0.5, 0.6) is 5.75 Å². The molecule has 0 saturated heterocycles. The van der Waals surface area contributed by atoms with E-state index in [2.05, 4.69) is 20.3 Å². The summed E-state index contributed by atoms with van der Waals surface area (Å²) in [4.78, 5) is 12.0. The summed E-state index contributed by atoms with van der Waals surface area (Å²) in [6.45, 7) is 4.05. The smallest absolute Gasteiger partial charge is 0.128 e. The number of aromatic nitrogens is 3. The largest absolute Gasteiger partial charge is 0.496 e. The highest BCUT2D eigenvalue weighted by molar-refractivity contribution is 5.41. The number of H-pyrrole nitrogens is 1. The summed E-state index contributed by atoms with van der Waals surface area (Å²) in [5.41, 5.74) is 3.18. The lowest BCUT2D eigenvalue weighted by molar-refractivity contribution is 0.406. The molecule has 0 aliphatic carbocycles. The van der Waals surface area contributed by atoms with Crippen LogP contribution < -0.4 is 10.1 Å². The molecule has 0 radical (unpaired) electrons. The standard InChI is InChI=1S/C14H20N4O/c1-9-8-18-11(10(2)13(9)19-4)7-12(15-3)14-16-5-6-17-14/h5-6,8,12,15H,7H2,1-4H3,(H,16,17). The van der Waals surface area contributed by atoms with E-state index in [0.29, 0.717) is 0 Å². The van der Waals surface area contributed by atoms with Gasteiger partial charge in [0, 0.05) is 41.8 Å². The highest BCUT2D eigenvalue weighted by Gasteiger charge is 2.17. The number of methoxy groups -OCH3 is 1. The third-order valence-corrected chi connectivity index (χ3v) is 3.35. The average molecular weight is 260 g/mol. The van der Waals surface area contributed by atoms with Gasteiger partial charge in [0.1, 0.15) is 11.6 Å². The monoisotopic (exact) mass is 260 g/mol. The Balaban J connectivity index is 2.28. The zero-order valence-electron chi connectivity index (χ0n) is 11.8. The summed E-state index contributed by atoms with van der Waals surface area (Å²) in [7, 11) is 3.62. The van der Waals surface area contributed by atoms with E-state index in [0.717, 1.165) is 34.8 Å². The summed E-state index contributed by atoms with van der Waals surface area (Å²) in [6, 6.07) is 0.119. The number of nitrogens with zero attached hydrogens (tertiary/aromatic N) is 2. The Morgan fingerprint density at radius 1 is 1.37 bits per heavy atom. The van der Waals surface area contributed by atoms with Gasteiger partial charge in [0.25, 0.3) is 0 Å². The first-order valence-corrected chi connectivity index (χ1v) is 6.33. The molecule has 19 heavy (non-hydrogen) atoms. The molecule has 5 heteroatoms. The first-order valence-electron chi connectivity index (χ1n) is 6.33. The van der Waals surface area contributed by atoms with Crippen LogP contribution in [-0.4, -0.2) is 29.1 Å². The van der Waals surface area contributed by atoms with Gasteiger partial charge >= 0.3 is 0 Å². The van der Waals surface area contributed by atoms with Gasteiger partial charge in [0.2, 0.25) is 0 Å². The van der Waals surface area contributed by atoms with Crippen LogP contribution in [0.4, 0.5) is 0 Å². The number of rotatable bonds is 5. The van der Waals surface area contributed by atoms with Gasteiger partial charge in [-0.25, -0.2) is 4.98 Å². The van der Waals surface area contributed by atoms with Gasteiger partial charge in [-0.3, -0.25) is 4.98 Å². The molecule has 2 aromatic rings. The SMILES string of the molecule is CNC(Cc1ncc(C)c(OC)c1C)c1ncc[nH]1. The minimum absolute atomic E-state index is 0.119. The van der Waals surface area contributed by atoms with Gasteiger partial charge in [0.05, 0.1) is 13.2 Å². The lowest BCUT2D eigenvalue weighted by atomic mass is 10.0. The molecule has 102 valence electrons. The number of aromatic amines is 1. The predicted molar refractivity (Wildman–Crippen MR) is 74.4 cm³/mol. The molecule has 2 heterocycles. The Morgan fingerprint density at radius 2 is 2.16 bits per heavy atom. The topological polar surface area (TPSA) is 62.8 Å². The van der Waals surface area contributed by atoms with Gasteiger partial charge in [-0.15, -0.1) is 0 Å². The fraction of sp³-hybridized carbons (Fsp3) is 0.429. The Bertz CT molecular complexity index is 537. The Hall–Kier alpha value is -1.88. The maximum absolute atomic E-state index is 5.44. The first kappa shape index (κ1) is 13.5. The van der Waals surface area contributed by atoms with Gasteiger partial charge in [0.15, 0.2) is 0 Å². The van der Waals surface area contributed by atoms with E-state index in [1.165, 1.54) is 0 Å². The Labute approximate surface area is 113 Å². The molecule has 0 bridgehead atoms. The molecule has 1 atom stereocenters. The zero-order valence-corrected chi connectivity index (χ0v) is 11.8. The second-order valence-electron chi connectivity index (χ2n) is 4.57. The van der Waals surface area contributed by atoms with Crippen LogP contribution in [0.1, 0.15) is 28.7 Å². The molecule has 0 fully saturated rings. The van der Waals surface area contributed by atoms with E-state index in [9.17, 15) is 0 Å². The highest BCUT2D eigenvalue weighted by atomic mass is 16.5. The number of pyridine rings is 1. The number of likely N-dealkylation sites (N-methyl/N-ethyl adjacent to an activating group) is 1. The van der Waals surface area contributed by atoms with Crippen molar-refractivity contribution in [3.63, 3.8) is 0 Å². The minimum atomic E-state index is 0.119. The lowest BCUT2D eigenvalue weighted by Gasteiger charge is -2.17. The van der Waals surface area contributed by atoms with Crippen LogP contribution in [0.25, 0.3) is 0 Å². The summed E-state index contributed by atoms with van der Waals surface area (Å²) in [5.74, 6) is 1.84. The average Bonchev–Trinajstić information content (AvgIpc) is 2.92. The quantitative estimate of drug-likeness (QED) is 0.862. The number of nitrogens with one attached hydrogen (secondary N) is 2. The fourth-order valence-corrected chi connectivity index (χ4v) is 2.27. The third kappa shape index (κ3) is 2.76. The van der Waals surface area contributed by atoms with Crippen molar-refractivity contribution >= 4 is 0 Å². The summed E-state index contributed by atoms with van der Waals surface area (Å²) < 4.78 is 5.44. The summed E-state index contributed by atoms with van der Waals surface area (Å²) in [6.07, 6.45) is 6.22. The van der Waals surface area contributed by atoms with Crippen molar-refractivity contribution in [2.24, 2.45) is 0 Å². The number of imidazole rings is 1. The number of hydrogen-bond acceptors (Lipinski definition) is 4. The second kappa shape index (κ2) is 5.84. The van der Waals surface area contributed by atoms with Crippen LogP contribution >= 0.6 is 0 Å². The van der Waals surface area contributed by atoms with Gasteiger partial charge < -0.3 is 15.0 Å². The third-order valence-electron chi connectivity index (χ3n) is 3.35. The molecule has 0 aliphatic heterocycles. The summed E-state index contributed by atoms with van der Waals surface area (Å²) in [5, 5.41) is 3.26. The molecular formula is C14H20N4O. The van der Waals surface area contributed by atoms with Crippen LogP contribution in [0.15, 0.2) is 18.6 Å². The van der Waals surface area contributed by atoms with Crippen LogP contribution in [0.3, 0.4) is 0 Å². The van der Waals surface area contributed by atoms with Crippen LogP contribution in [0.2, 0.25) is 0 Å². The normalized spacial score (nSPS) is 12.4. The highest BCUT2D eigenvalue weighted by Crippen LogP contribution is 2.26. The Morgan fingerprint density at radius 3 is 2.74 bits per heavy atom. The van der Waals surface area contributed by atoms with E-state index < -0.39 is 0 Å². The lowest BCUT2D eigenvalue weighted by Crippen LogP contribution is -2.21. The number of aryl methyl sites for hydroxylation is 1. The van der Waals surface area contributed by atoms with E-state index in [-0.39, 0.29) is 6.04 Å². The van der Waals surface area contributed by atoms with Crippen molar-refractivity contribution in [3.05, 3.63) is 41.2 Å². The molecule has 0 spiro atoms. The van der Waals surface area contributed by atoms with Gasteiger partial charge in [-0.05, 0) is 20.9 Å².